The van der Waals surface area contributed by atoms with Crippen LogP contribution >= 0.6 is 0 Å². The number of aryl methyl sites for hydroxylation is 2. The molecule has 3 nitrogen and oxygen atoms in total. The Morgan fingerprint density at radius 1 is 1.39 bits per heavy atom. The number of hydrogen-bond donors (Lipinski definition) is 1. The molecule has 1 saturated carbocycles. The van der Waals surface area contributed by atoms with E-state index in [9.17, 15) is 9.90 Å². The zero-order chi connectivity index (χ0) is 13.1. The summed E-state index contributed by atoms with van der Waals surface area (Å²) in [4.78, 5) is 12.9. The maximum Gasteiger partial charge on any atom is 0.210 e. The quantitative estimate of drug-likeness (QED) is 0.809. The molecule has 0 aliphatic heterocycles. The number of aliphatic hydroxyl groups is 1. The summed E-state index contributed by atoms with van der Waals surface area (Å²) in [5, 5.41) is 9.27. The van der Waals surface area contributed by atoms with Gasteiger partial charge in [-0.25, -0.2) is 0 Å². The molecule has 1 amide bonds. The van der Waals surface area contributed by atoms with Gasteiger partial charge in [-0.15, -0.1) is 0 Å². The summed E-state index contributed by atoms with van der Waals surface area (Å²) in [5.74, 6) is 0.468. The number of aliphatic hydroxyl groups excluding tert-OH is 1. The fourth-order valence-electron chi connectivity index (χ4n) is 2.52. The minimum atomic E-state index is -0.149. The molecule has 1 aliphatic rings. The van der Waals surface area contributed by atoms with Crippen LogP contribution in [0.5, 0.6) is 0 Å². The second-order valence-corrected chi connectivity index (χ2v) is 5.46. The fraction of sp³-hybridized carbons (Fsp3) is 0.533. The number of carbonyl (C=O) groups is 1. The monoisotopic (exact) mass is 247 g/mol. The lowest BCUT2D eigenvalue weighted by Gasteiger charge is -2.34. The van der Waals surface area contributed by atoms with Crippen LogP contribution in [0.3, 0.4) is 0 Å². The van der Waals surface area contributed by atoms with Crippen LogP contribution in [0.15, 0.2) is 18.2 Å². The van der Waals surface area contributed by atoms with Gasteiger partial charge in [-0.2, -0.15) is 0 Å². The first-order valence-corrected chi connectivity index (χ1v) is 6.52. The van der Waals surface area contributed by atoms with Crippen molar-refractivity contribution in [2.45, 2.75) is 39.3 Å². The van der Waals surface area contributed by atoms with Crippen molar-refractivity contribution in [1.29, 1.82) is 0 Å². The molecular weight excluding hydrogens is 226 g/mol. The van der Waals surface area contributed by atoms with E-state index in [4.69, 9.17) is 0 Å². The standard InChI is InChI=1S/C15H21NO2/c1-11-3-4-12(2)14(5-11)9-16(10-17)8-13-6-15(18)7-13/h3-5,10,13,15,18H,6-9H2,1-2H3. The molecule has 18 heavy (non-hydrogen) atoms. The molecule has 98 valence electrons. The van der Waals surface area contributed by atoms with Crippen molar-refractivity contribution in [1.82, 2.24) is 4.90 Å². The van der Waals surface area contributed by atoms with Crippen LogP contribution in [0.4, 0.5) is 0 Å². The first-order valence-electron chi connectivity index (χ1n) is 6.52. The Morgan fingerprint density at radius 3 is 2.72 bits per heavy atom. The number of amides is 1. The molecule has 1 aromatic carbocycles. The van der Waals surface area contributed by atoms with Crippen LogP contribution in [0, 0.1) is 19.8 Å². The van der Waals surface area contributed by atoms with Gasteiger partial charge in [0.25, 0.3) is 0 Å². The number of benzene rings is 1. The molecule has 1 aliphatic carbocycles. The largest absolute Gasteiger partial charge is 0.393 e. The average molecular weight is 247 g/mol. The molecular formula is C15H21NO2. The van der Waals surface area contributed by atoms with E-state index >= 15 is 0 Å². The Morgan fingerprint density at radius 2 is 2.11 bits per heavy atom. The van der Waals surface area contributed by atoms with Crippen LogP contribution in [0.2, 0.25) is 0 Å². The number of rotatable bonds is 5. The minimum absolute atomic E-state index is 0.149. The van der Waals surface area contributed by atoms with E-state index in [-0.39, 0.29) is 6.10 Å². The van der Waals surface area contributed by atoms with Crippen molar-refractivity contribution in [3.63, 3.8) is 0 Å². The van der Waals surface area contributed by atoms with Crippen LogP contribution in [-0.2, 0) is 11.3 Å². The summed E-state index contributed by atoms with van der Waals surface area (Å²) in [5.41, 5.74) is 3.66. The highest BCUT2D eigenvalue weighted by atomic mass is 16.3. The fourth-order valence-corrected chi connectivity index (χ4v) is 2.52. The Balaban J connectivity index is 1.96. The van der Waals surface area contributed by atoms with E-state index in [1.807, 2.05) is 4.90 Å². The van der Waals surface area contributed by atoms with Gasteiger partial charge < -0.3 is 10.0 Å². The van der Waals surface area contributed by atoms with E-state index < -0.39 is 0 Å². The van der Waals surface area contributed by atoms with E-state index in [0.717, 1.165) is 25.8 Å². The Kier molecular flexibility index (Phi) is 4.02. The predicted octanol–water partition coefficient (Wildman–Crippen LogP) is 2.03. The summed E-state index contributed by atoms with van der Waals surface area (Å²) in [6, 6.07) is 6.33. The summed E-state index contributed by atoms with van der Waals surface area (Å²) in [6.45, 7) is 5.57. The van der Waals surface area contributed by atoms with Gasteiger partial charge in [0.1, 0.15) is 0 Å². The van der Waals surface area contributed by atoms with Crippen LogP contribution in [0.25, 0.3) is 0 Å². The normalized spacial score (nSPS) is 22.4. The molecule has 0 aromatic heterocycles. The topological polar surface area (TPSA) is 40.5 Å². The Labute approximate surface area is 108 Å². The van der Waals surface area contributed by atoms with E-state index in [2.05, 4.69) is 32.0 Å². The smallest absolute Gasteiger partial charge is 0.210 e. The Hall–Kier alpha value is -1.35. The average Bonchev–Trinajstić information content (AvgIpc) is 2.30. The lowest BCUT2D eigenvalue weighted by molar-refractivity contribution is -0.120. The van der Waals surface area contributed by atoms with E-state index in [1.165, 1.54) is 16.7 Å². The molecule has 0 saturated heterocycles. The van der Waals surface area contributed by atoms with Crippen molar-refractivity contribution in [2.24, 2.45) is 5.92 Å². The number of hydrogen-bond acceptors (Lipinski definition) is 2. The van der Waals surface area contributed by atoms with Crippen LogP contribution in [-0.4, -0.2) is 29.1 Å². The van der Waals surface area contributed by atoms with Gasteiger partial charge >= 0.3 is 0 Å². The maximum atomic E-state index is 11.1. The molecule has 0 radical (unpaired) electrons. The highest BCUT2D eigenvalue weighted by Crippen LogP contribution is 2.28. The highest BCUT2D eigenvalue weighted by Gasteiger charge is 2.28. The van der Waals surface area contributed by atoms with Gasteiger partial charge in [0.15, 0.2) is 0 Å². The maximum absolute atomic E-state index is 11.1. The molecule has 0 atom stereocenters. The molecule has 0 unspecified atom stereocenters. The van der Waals surface area contributed by atoms with Gasteiger partial charge in [0.2, 0.25) is 6.41 Å². The van der Waals surface area contributed by atoms with Gasteiger partial charge in [0, 0.05) is 13.1 Å². The van der Waals surface area contributed by atoms with Crippen LogP contribution in [0.1, 0.15) is 29.5 Å². The molecule has 1 aromatic rings. The van der Waals surface area contributed by atoms with Gasteiger partial charge in [-0.1, -0.05) is 23.8 Å². The third-order valence-corrected chi connectivity index (χ3v) is 3.73. The SMILES string of the molecule is Cc1ccc(C)c(CN(C=O)CC2CC(O)C2)c1. The summed E-state index contributed by atoms with van der Waals surface area (Å²) in [7, 11) is 0. The molecule has 0 spiro atoms. The predicted molar refractivity (Wildman–Crippen MR) is 71.1 cm³/mol. The second kappa shape index (κ2) is 5.53. The zero-order valence-corrected chi connectivity index (χ0v) is 11.1. The zero-order valence-electron chi connectivity index (χ0n) is 11.1. The number of carbonyl (C=O) groups excluding carboxylic acids is 1. The third-order valence-electron chi connectivity index (χ3n) is 3.73. The molecule has 3 heteroatoms. The Bertz CT molecular complexity index is 425. The molecule has 1 N–H and O–H groups in total. The summed E-state index contributed by atoms with van der Waals surface area (Å²) >= 11 is 0. The first kappa shape index (κ1) is 13.1. The summed E-state index contributed by atoms with van der Waals surface area (Å²) < 4.78 is 0. The van der Waals surface area contributed by atoms with Crippen LogP contribution < -0.4 is 0 Å². The van der Waals surface area contributed by atoms with Crippen molar-refractivity contribution < 1.29 is 9.90 Å². The highest BCUT2D eigenvalue weighted by molar-refractivity contribution is 5.48. The lowest BCUT2D eigenvalue weighted by Crippen LogP contribution is -2.38. The molecule has 2 rings (SSSR count). The van der Waals surface area contributed by atoms with E-state index in [1.54, 1.807) is 0 Å². The van der Waals surface area contributed by atoms with E-state index in [0.29, 0.717) is 12.5 Å². The van der Waals surface area contributed by atoms with Crippen molar-refractivity contribution in [2.75, 3.05) is 6.54 Å². The van der Waals surface area contributed by atoms with Crippen molar-refractivity contribution in [3.8, 4) is 0 Å². The van der Waals surface area contributed by atoms with Gasteiger partial charge in [-0.3, -0.25) is 4.79 Å². The second-order valence-electron chi connectivity index (χ2n) is 5.46. The van der Waals surface area contributed by atoms with Gasteiger partial charge in [0.05, 0.1) is 6.10 Å². The third kappa shape index (κ3) is 3.10. The number of nitrogens with zero attached hydrogens (tertiary/aromatic N) is 1. The van der Waals surface area contributed by atoms with Crippen molar-refractivity contribution >= 4 is 6.41 Å². The first-order chi connectivity index (χ1) is 8.58. The van der Waals surface area contributed by atoms with Gasteiger partial charge in [-0.05, 0) is 43.7 Å². The van der Waals surface area contributed by atoms with Crippen molar-refractivity contribution in [3.05, 3.63) is 34.9 Å². The summed E-state index contributed by atoms with van der Waals surface area (Å²) in [6.07, 6.45) is 2.44. The minimum Gasteiger partial charge on any atom is -0.393 e. The molecule has 0 heterocycles. The molecule has 1 fully saturated rings. The lowest BCUT2D eigenvalue weighted by atomic mass is 9.82. The molecule has 0 bridgehead atoms.